The van der Waals surface area contributed by atoms with E-state index in [1.54, 1.807) is 17.8 Å². The Labute approximate surface area is 100 Å². The van der Waals surface area contributed by atoms with E-state index in [0.29, 0.717) is 17.4 Å². The zero-order valence-corrected chi connectivity index (χ0v) is 10.7. The Balaban J connectivity index is 2.82. The molecule has 5 heteroatoms. The SMILES string of the molecule is CCCNC(=O)c1cc(C)nc(SCC)n1. The smallest absolute Gasteiger partial charge is 0.270 e. The van der Waals surface area contributed by atoms with Crippen molar-refractivity contribution in [2.75, 3.05) is 12.3 Å². The van der Waals surface area contributed by atoms with Crippen molar-refractivity contribution in [1.29, 1.82) is 0 Å². The van der Waals surface area contributed by atoms with Crippen molar-refractivity contribution in [1.82, 2.24) is 15.3 Å². The molecule has 0 aliphatic carbocycles. The van der Waals surface area contributed by atoms with E-state index in [1.807, 2.05) is 20.8 Å². The average Bonchev–Trinajstić information content (AvgIpc) is 2.25. The van der Waals surface area contributed by atoms with Gasteiger partial charge in [0, 0.05) is 12.2 Å². The summed E-state index contributed by atoms with van der Waals surface area (Å²) in [6.07, 6.45) is 0.923. The first-order chi connectivity index (χ1) is 7.67. The van der Waals surface area contributed by atoms with Gasteiger partial charge in [-0.05, 0) is 25.2 Å². The Morgan fingerprint density at radius 2 is 2.19 bits per heavy atom. The van der Waals surface area contributed by atoms with E-state index in [4.69, 9.17) is 0 Å². The van der Waals surface area contributed by atoms with E-state index in [0.717, 1.165) is 17.9 Å². The van der Waals surface area contributed by atoms with Crippen molar-refractivity contribution < 1.29 is 4.79 Å². The number of thioether (sulfide) groups is 1. The van der Waals surface area contributed by atoms with Gasteiger partial charge in [-0.15, -0.1) is 0 Å². The van der Waals surface area contributed by atoms with Gasteiger partial charge in [-0.3, -0.25) is 4.79 Å². The molecule has 1 N–H and O–H groups in total. The molecular formula is C11H17N3OS. The van der Waals surface area contributed by atoms with Crippen LogP contribution in [0.15, 0.2) is 11.2 Å². The topological polar surface area (TPSA) is 54.9 Å². The van der Waals surface area contributed by atoms with Crippen LogP contribution in [0.3, 0.4) is 0 Å². The molecule has 0 aromatic carbocycles. The molecule has 0 spiro atoms. The maximum atomic E-state index is 11.7. The molecule has 0 radical (unpaired) electrons. The summed E-state index contributed by atoms with van der Waals surface area (Å²) in [6.45, 7) is 6.60. The Morgan fingerprint density at radius 3 is 2.81 bits per heavy atom. The summed E-state index contributed by atoms with van der Waals surface area (Å²) in [5.74, 6) is 0.782. The molecule has 4 nitrogen and oxygen atoms in total. The fourth-order valence-corrected chi connectivity index (χ4v) is 1.81. The minimum atomic E-state index is -0.120. The van der Waals surface area contributed by atoms with Gasteiger partial charge >= 0.3 is 0 Å². The van der Waals surface area contributed by atoms with Gasteiger partial charge in [0.25, 0.3) is 5.91 Å². The summed E-state index contributed by atoms with van der Waals surface area (Å²) in [4.78, 5) is 20.2. The molecule has 1 rings (SSSR count). The normalized spacial score (nSPS) is 10.2. The van der Waals surface area contributed by atoms with E-state index in [1.165, 1.54) is 0 Å². The van der Waals surface area contributed by atoms with E-state index in [-0.39, 0.29) is 5.91 Å². The average molecular weight is 239 g/mol. The van der Waals surface area contributed by atoms with Crippen LogP contribution in [-0.4, -0.2) is 28.2 Å². The molecule has 88 valence electrons. The fraction of sp³-hybridized carbons (Fsp3) is 0.545. The molecular weight excluding hydrogens is 222 g/mol. The number of nitrogens with one attached hydrogen (secondary N) is 1. The monoisotopic (exact) mass is 239 g/mol. The number of aromatic nitrogens is 2. The molecule has 1 amide bonds. The van der Waals surface area contributed by atoms with Gasteiger partial charge in [0.15, 0.2) is 5.16 Å². The predicted molar refractivity (Wildman–Crippen MR) is 65.8 cm³/mol. The van der Waals surface area contributed by atoms with Crippen molar-refractivity contribution in [2.24, 2.45) is 0 Å². The second-order valence-electron chi connectivity index (χ2n) is 3.37. The highest BCUT2D eigenvalue weighted by atomic mass is 32.2. The second kappa shape index (κ2) is 6.48. The lowest BCUT2D eigenvalue weighted by Gasteiger charge is -2.05. The summed E-state index contributed by atoms with van der Waals surface area (Å²) in [5, 5.41) is 3.48. The molecule has 1 aromatic rings. The molecule has 0 atom stereocenters. The van der Waals surface area contributed by atoms with Crippen molar-refractivity contribution in [3.63, 3.8) is 0 Å². The van der Waals surface area contributed by atoms with Crippen LogP contribution >= 0.6 is 11.8 Å². The van der Waals surface area contributed by atoms with Crippen LogP contribution in [0.5, 0.6) is 0 Å². The van der Waals surface area contributed by atoms with Crippen LogP contribution in [0.25, 0.3) is 0 Å². The first-order valence-corrected chi connectivity index (χ1v) is 6.42. The first-order valence-electron chi connectivity index (χ1n) is 5.44. The van der Waals surface area contributed by atoms with Crippen molar-refractivity contribution in [3.8, 4) is 0 Å². The fourth-order valence-electron chi connectivity index (χ4n) is 1.18. The molecule has 1 heterocycles. The molecule has 0 saturated carbocycles. The molecule has 0 fully saturated rings. The Kier molecular flexibility index (Phi) is 5.25. The van der Waals surface area contributed by atoms with Gasteiger partial charge in [0.2, 0.25) is 0 Å². The van der Waals surface area contributed by atoms with Gasteiger partial charge in [-0.25, -0.2) is 9.97 Å². The van der Waals surface area contributed by atoms with Crippen LogP contribution < -0.4 is 5.32 Å². The number of nitrogens with zero attached hydrogens (tertiary/aromatic N) is 2. The summed E-state index contributed by atoms with van der Waals surface area (Å²) in [6, 6.07) is 1.71. The summed E-state index contributed by atoms with van der Waals surface area (Å²) < 4.78 is 0. The Bertz CT molecular complexity index is 368. The number of carbonyl (C=O) groups is 1. The molecule has 16 heavy (non-hydrogen) atoms. The Morgan fingerprint density at radius 1 is 1.44 bits per heavy atom. The highest BCUT2D eigenvalue weighted by Crippen LogP contribution is 2.13. The minimum Gasteiger partial charge on any atom is -0.351 e. The third kappa shape index (κ3) is 3.81. The van der Waals surface area contributed by atoms with Gasteiger partial charge in [0.05, 0.1) is 0 Å². The van der Waals surface area contributed by atoms with E-state index >= 15 is 0 Å². The van der Waals surface area contributed by atoms with Crippen molar-refractivity contribution in [2.45, 2.75) is 32.3 Å². The molecule has 1 aromatic heterocycles. The number of amides is 1. The summed E-state index contributed by atoms with van der Waals surface area (Å²) in [7, 11) is 0. The van der Waals surface area contributed by atoms with Gasteiger partial charge in [-0.1, -0.05) is 25.6 Å². The van der Waals surface area contributed by atoms with E-state index in [2.05, 4.69) is 15.3 Å². The maximum Gasteiger partial charge on any atom is 0.270 e. The zero-order chi connectivity index (χ0) is 12.0. The predicted octanol–water partition coefficient (Wildman–Crippen LogP) is 2.04. The van der Waals surface area contributed by atoms with Crippen molar-refractivity contribution in [3.05, 3.63) is 17.5 Å². The highest BCUT2D eigenvalue weighted by molar-refractivity contribution is 7.99. The van der Waals surface area contributed by atoms with Gasteiger partial charge < -0.3 is 5.32 Å². The third-order valence-electron chi connectivity index (χ3n) is 1.88. The van der Waals surface area contributed by atoms with Crippen LogP contribution in [-0.2, 0) is 0 Å². The van der Waals surface area contributed by atoms with Gasteiger partial charge in [0.1, 0.15) is 5.69 Å². The van der Waals surface area contributed by atoms with Gasteiger partial charge in [-0.2, -0.15) is 0 Å². The minimum absolute atomic E-state index is 0.120. The lowest BCUT2D eigenvalue weighted by atomic mass is 10.3. The number of hydrogen-bond acceptors (Lipinski definition) is 4. The van der Waals surface area contributed by atoms with Crippen LogP contribution in [0.4, 0.5) is 0 Å². The first kappa shape index (κ1) is 13.0. The summed E-state index contributed by atoms with van der Waals surface area (Å²) >= 11 is 1.54. The number of aryl methyl sites for hydroxylation is 1. The number of carbonyl (C=O) groups excluding carboxylic acids is 1. The zero-order valence-electron chi connectivity index (χ0n) is 9.91. The molecule has 0 aliphatic rings. The van der Waals surface area contributed by atoms with E-state index in [9.17, 15) is 4.79 Å². The molecule has 0 unspecified atom stereocenters. The molecule has 0 saturated heterocycles. The van der Waals surface area contributed by atoms with Crippen LogP contribution in [0, 0.1) is 6.92 Å². The lowest BCUT2D eigenvalue weighted by Crippen LogP contribution is -2.25. The standard InChI is InChI=1S/C11H17N3OS/c1-4-6-12-10(15)9-7-8(3)13-11(14-9)16-5-2/h7H,4-6H2,1-3H3,(H,12,15). The Hall–Kier alpha value is -1.10. The van der Waals surface area contributed by atoms with Crippen LogP contribution in [0.1, 0.15) is 36.5 Å². The number of hydrogen-bond donors (Lipinski definition) is 1. The molecule has 0 bridgehead atoms. The molecule has 0 aliphatic heterocycles. The summed E-state index contributed by atoms with van der Waals surface area (Å²) in [5.41, 5.74) is 1.28. The quantitative estimate of drug-likeness (QED) is 0.631. The largest absolute Gasteiger partial charge is 0.351 e. The highest BCUT2D eigenvalue weighted by Gasteiger charge is 2.09. The maximum absolute atomic E-state index is 11.7. The van der Waals surface area contributed by atoms with Crippen molar-refractivity contribution >= 4 is 17.7 Å². The van der Waals surface area contributed by atoms with E-state index < -0.39 is 0 Å². The number of rotatable bonds is 5. The lowest BCUT2D eigenvalue weighted by molar-refractivity contribution is 0.0947. The second-order valence-corrected chi connectivity index (χ2v) is 4.60. The third-order valence-corrected chi connectivity index (χ3v) is 2.60. The van der Waals surface area contributed by atoms with Crippen LogP contribution in [0.2, 0.25) is 0 Å².